The summed E-state index contributed by atoms with van der Waals surface area (Å²) in [5.74, 6) is 1.40. The van der Waals surface area contributed by atoms with Gasteiger partial charge >= 0.3 is 6.09 Å². The van der Waals surface area contributed by atoms with Crippen molar-refractivity contribution in [3.63, 3.8) is 0 Å². The Morgan fingerprint density at radius 1 is 1.15 bits per heavy atom. The molecule has 3 aromatic heterocycles. The Bertz CT molecular complexity index is 1300. The third kappa shape index (κ3) is 6.35. The summed E-state index contributed by atoms with van der Waals surface area (Å²) in [4.78, 5) is 45.2. The Labute approximate surface area is 234 Å². The van der Waals surface area contributed by atoms with E-state index in [9.17, 15) is 9.59 Å². The number of aromatic nitrogens is 6. The molecule has 3 aromatic rings. The predicted octanol–water partition coefficient (Wildman–Crippen LogP) is 2.75. The largest absolute Gasteiger partial charge is 0.444 e. The van der Waals surface area contributed by atoms with Crippen LogP contribution in [0, 0.1) is 0 Å². The second-order valence-electron chi connectivity index (χ2n) is 11.2. The number of likely N-dealkylation sites (tertiary alicyclic amines) is 2. The van der Waals surface area contributed by atoms with E-state index in [1.807, 2.05) is 23.6 Å². The summed E-state index contributed by atoms with van der Waals surface area (Å²) >= 11 is 0. The minimum Gasteiger partial charge on any atom is -0.444 e. The lowest BCUT2D eigenvalue weighted by molar-refractivity contribution is -0.130. The topological polar surface area (TPSA) is 137 Å². The van der Waals surface area contributed by atoms with Crippen LogP contribution in [0.3, 0.4) is 0 Å². The van der Waals surface area contributed by atoms with E-state index in [0.29, 0.717) is 50.7 Å². The van der Waals surface area contributed by atoms with Crippen LogP contribution in [0.2, 0.25) is 0 Å². The molecule has 5 heterocycles. The molecule has 2 fully saturated rings. The number of anilines is 1. The summed E-state index contributed by atoms with van der Waals surface area (Å²) in [5, 5.41) is 10.4. The number of amides is 2. The number of H-pyrrole nitrogens is 1. The number of carbonyl (C=O) groups is 2. The van der Waals surface area contributed by atoms with Crippen LogP contribution in [0.15, 0.2) is 18.7 Å². The number of ether oxygens (including phenoxy) is 1. The summed E-state index contributed by atoms with van der Waals surface area (Å²) < 4.78 is 7.82. The zero-order chi connectivity index (χ0) is 28.2. The first-order valence-corrected chi connectivity index (χ1v) is 14.2. The van der Waals surface area contributed by atoms with Crippen molar-refractivity contribution >= 4 is 29.0 Å². The summed E-state index contributed by atoms with van der Waals surface area (Å²) in [7, 11) is 4.01. The van der Waals surface area contributed by atoms with Gasteiger partial charge in [-0.15, -0.1) is 0 Å². The average molecular weight is 553 g/mol. The van der Waals surface area contributed by atoms with Crippen molar-refractivity contribution in [2.24, 2.45) is 0 Å². The van der Waals surface area contributed by atoms with Gasteiger partial charge in [-0.1, -0.05) is 0 Å². The van der Waals surface area contributed by atoms with E-state index in [4.69, 9.17) is 14.7 Å². The predicted molar refractivity (Wildman–Crippen MR) is 151 cm³/mol. The van der Waals surface area contributed by atoms with E-state index in [1.165, 1.54) is 0 Å². The number of fused-ring (bicyclic) bond motifs is 1. The monoisotopic (exact) mass is 552 g/mol. The van der Waals surface area contributed by atoms with Crippen LogP contribution < -0.4 is 5.32 Å². The first-order chi connectivity index (χ1) is 19.3. The van der Waals surface area contributed by atoms with Crippen molar-refractivity contribution in [3.05, 3.63) is 18.7 Å². The highest BCUT2D eigenvalue weighted by molar-refractivity contribution is 5.85. The van der Waals surface area contributed by atoms with E-state index < -0.39 is 0 Å². The lowest BCUT2D eigenvalue weighted by atomic mass is 10.1. The number of hydrogen-bond donors (Lipinski definition) is 2. The molecule has 13 nitrogen and oxygen atoms in total. The van der Waals surface area contributed by atoms with Crippen LogP contribution in [-0.2, 0) is 9.53 Å². The quantitative estimate of drug-likeness (QED) is 0.410. The highest BCUT2D eigenvalue weighted by Gasteiger charge is 2.31. The molecular formula is C27H40N10O3. The van der Waals surface area contributed by atoms with Gasteiger partial charge in [0.2, 0.25) is 5.91 Å². The minimum absolute atomic E-state index is 0.130. The third-order valence-corrected chi connectivity index (χ3v) is 7.59. The fourth-order valence-corrected chi connectivity index (χ4v) is 5.27. The number of hydrogen-bond acceptors (Lipinski definition) is 9. The normalized spacial score (nSPS) is 18.3. The Balaban J connectivity index is 1.15. The molecule has 2 aliphatic heterocycles. The van der Waals surface area contributed by atoms with Gasteiger partial charge in [0, 0.05) is 50.8 Å². The molecule has 0 saturated carbocycles. The fourth-order valence-electron chi connectivity index (χ4n) is 5.27. The van der Waals surface area contributed by atoms with E-state index in [1.54, 1.807) is 23.6 Å². The lowest BCUT2D eigenvalue weighted by Gasteiger charge is -2.32. The first kappa shape index (κ1) is 27.8. The molecule has 0 aliphatic carbocycles. The molecular weight excluding hydrogens is 512 g/mol. The second kappa shape index (κ2) is 12.2. The van der Waals surface area contributed by atoms with Crippen molar-refractivity contribution < 1.29 is 14.3 Å². The maximum Gasteiger partial charge on any atom is 0.410 e. The number of nitrogens with zero attached hydrogens (tertiary/aromatic N) is 8. The van der Waals surface area contributed by atoms with E-state index in [-0.39, 0.29) is 30.2 Å². The molecule has 40 heavy (non-hydrogen) atoms. The number of aromatic amines is 1. The molecule has 2 N–H and O–H groups in total. The zero-order valence-electron chi connectivity index (χ0n) is 23.8. The van der Waals surface area contributed by atoms with Crippen molar-refractivity contribution in [1.82, 2.24) is 44.4 Å². The average Bonchev–Trinajstić information content (AvgIpc) is 3.69. The van der Waals surface area contributed by atoms with Crippen molar-refractivity contribution in [1.29, 1.82) is 0 Å². The molecule has 2 aliphatic rings. The van der Waals surface area contributed by atoms with Gasteiger partial charge in [0.15, 0.2) is 17.3 Å². The SMILES string of the molecule is CC(C)n1cnc2c(NC3CCN(C(=O)O[C@H]4CCN(C(=O)CCCN(C)C)C4)CC3)nc(-c3cn[nH]c3)nc21. The molecule has 0 radical (unpaired) electrons. The molecule has 216 valence electrons. The van der Waals surface area contributed by atoms with E-state index in [2.05, 4.69) is 39.2 Å². The standard InChI is InChI=1S/C27H40N10O3/c1-18(2)37-17-28-23-25(32-24(33-26(23)37)19-14-29-30-15-19)31-20-7-11-35(12-8-20)27(39)40-21-9-13-36(16-21)22(38)6-5-10-34(3)4/h14-15,17-18,20-21H,5-13,16H2,1-4H3,(H,29,30)(H,31,32,33)/t21-/m0/s1. The van der Waals surface area contributed by atoms with Gasteiger partial charge in [0.25, 0.3) is 0 Å². The second-order valence-corrected chi connectivity index (χ2v) is 11.2. The van der Waals surface area contributed by atoms with Crippen molar-refractivity contribution in [2.45, 2.75) is 64.1 Å². The summed E-state index contributed by atoms with van der Waals surface area (Å²) in [5.41, 5.74) is 2.30. The zero-order valence-corrected chi connectivity index (χ0v) is 23.8. The highest BCUT2D eigenvalue weighted by atomic mass is 16.6. The summed E-state index contributed by atoms with van der Waals surface area (Å²) in [6.07, 6.45) is 8.30. The highest BCUT2D eigenvalue weighted by Crippen LogP contribution is 2.27. The molecule has 0 aromatic carbocycles. The Morgan fingerprint density at radius 3 is 2.62 bits per heavy atom. The number of piperidine rings is 1. The van der Waals surface area contributed by atoms with Crippen LogP contribution in [0.1, 0.15) is 52.0 Å². The number of imidazole rings is 1. The Kier molecular flexibility index (Phi) is 8.48. The van der Waals surface area contributed by atoms with Crippen molar-refractivity contribution in [3.8, 4) is 11.4 Å². The summed E-state index contributed by atoms with van der Waals surface area (Å²) in [6, 6.07) is 0.331. The van der Waals surface area contributed by atoms with Crippen LogP contribution >= 0.6 is 0 Å². The fraction of sp³-hybridized carbons (Fsp3) is 0.630. The maximum atomic E-state index is 12.9. The van der Waals surface area contributed by atoms with E-state index >= 15 is 0 Å². The van der Waals surface area contributed by atoms with Crippen LogP contribution in [0.25, 0.3) is 22.6 Å². The van der Waals surface area contributed by atoms with Gasteiger partial charge in [-0.25, -0.2) is 19.7 Å². The molecule has 2 amide bonds. The number of rotatable bonds is 9. The van der Waals surface area contributed by atoms with Gasteiger partial charge in [-0.3, -0.25) is 9.89 Å². The summed E-state index contributed by atoms with van der Waals surface area (Å²) in [6.45, 7) is 7.37. The number of carbonyl (C=O) groups excluding carboxylic acids is 2. The van der Waals surface area contributed by atoms with Gasteiger partial charge in [0.05, 0.1) is 24.6 Å². The van der Waals surface area contributed by atoms with Gasteiger partial charge in [-0.2, -0.15) is 5.10 Å². The smallest absolute Gasteiger partial charge is 0.410 e. The lowest BCUT2D eigenvalue weighted by Crippen LogP contribution is -2.44. The van der Waals surface area contributed by atoms with Gasteiger partial charge in [-0.05, 0) is 53.8 Å². The molecule has 0 bridgehead atoms. The third-order valence-electron chi connectivity index (χ3n) is 7.59. The Morgan fingerprint density at radius 2 is 1.93 bits per heavy atom. The number of nitrogens with one attached hydrogen (secondary N) is 2. The first-order valence-electron chi connectivity index (χ1n) is 14.2. The van der Waals surface area contributed by atoms with Crippen LogP contribution in [-0.4, -0.2) is 115 Å². The van der Waals surface area contributed by atoms with Crippen molar-refractivity contribution in [2.75, 3.05) is 52.1 Å². The van der Waals surface area contributed by atoms with Crippen LogP contribution in [0.4, 0.5) is 10.6 Å². The molecule has 2 saturated heterocycles. The maximum absolute atomic E-state index is 12.9. The molecule has 0 unspecified atom stereocenters. The van der Waals surface area contributed by atoms with Crippen LogP contribution in [0.5, 0.6) is 0 Å². The molecule has 5 rings (SSSR count). The molecule has 0 spiro atoms. The van der Waals surface area contributed by atoms with E-state index in [0.717, 1.165) is 42.5 Å². The van der Waals surface area contributed by atoms with Gasteiger partial charge in [0.1, 0.15) is 11.6 Å². The Hall–Kier alpha value is -3.74. The van der Waals surface area contributed by atoms with Gasteiger partial charge < -0.3 is 29.3 Å². The molecule has 1 atom stereocenters. The molecule has 13 heteroatoms. The minimum atomic E-state index is -0.298.